The van der Waals surface area contributed by atoms with Gasteiger partial charge >= 0.3 is 0 Å². The van der Waals surface area contributed by atoms with Crippen molar-refractivity contribution in [2.75, 3.05) is 33.4 Å². The Morgan fingerprint density at radius 2 is 2.07 bits per heavy atom. The standard InChI is InChI=1S/C20H24N2O4S/c1-25-10-8-18(23)22-9-11-26-20(14-22,19(21)24)13-15-4-6-16(7-5-15)17-3-2-12-27-17/h2-7,12H,8-11,13-14H2,1H3,(H2,21,24). The lowest BCUT2D eigenvalue weighted by molar-refractivity contribution is -0.163. The number of methoxy groups -OCH3 is 1. The average Bonchev–Trinajstić information content (AvgIpc) is 3.21. The zero-order valence-corrected chi connectivity index (χ0v) is 16.2. The zero-order chi connectivity index (χ0) is 19.3. The second-order valence-electron chi connectivity index (χ2n) is 6.62. The molecule has 0 bridgehead atoms. The highest BCUT2D eigenvalue weighted by Crippen LogP contribution is 2.28. The van der Waals surface area contributed by atoms with Crippen LogP contribution in [0.3, 0.4) is 0 Å². The minimum absolute atomic E-state index is 0.0566. The molecule has 1 aromatic heterocycles. The minimum atomic E-state index is -1.20. The maximum atomic E-state index is 12.3. The number of ether oxygens (including phenoxy) is 2. The lowest BCUT2D eigenvalue weighted by Crippen LogP contribution is -2.61. The number of carbonyl (C=O) groups excluding carboxylic acids is 2. The Morgan fingerprint density at radius 3 is 2.70 bits per heavy atom. The van der Waals surface area contributed by atoms with Crippen LogP contribution in [0.15, 0.2) is 41.8 Å². The number of thiophene rings is 1. The van der Waals surface area contributed by atoms with Gasteiger partial charge in [0.1, 0.15) is 0 Å². The molecule has 1 fully saturated rings. The Labute approximate surface area is 162 Å². The molecule has 0 spiro atoms. The second kappa shape index (κ2) is 8.65. The number of hydrogen-bond donors (Lipinski definition) is 1. The molecule has 1 aliphatic heterocycles. The van der Waals surface area contributed by atoms with Gasteiger partial charge in [-0.05, 0) is 22.6 Å². The topological polar surface area (TPSA) is 81.9 Å². The van der Waals surface area contributed by atoms with Crippen LogP contribution in [0.5, 0.6) is 0 Å². The van der Waals surface area contributed by atoms with E-state index in [0.29, 0.717) is 19.6 Å². The molecule has 1 atom stereocenters. The number of rotatable bonds is 7. The van der Waals surface area contributed by atoms with Crippen LogP contribution in [0.2, 0.25) is 0 Å². The van der Waals surface area contributed by atoms with E-state index in [0.717, 1.165) is 11.1 Å². The van der Waals surface area contributed by atoms with Crippen molar-refractivity contribution in [1.29, 1.82) is 0 Å². The number of amides is 2. The van der Waals surface area contributed by atoms with Gasteiger partial charge in [0.2, 0.25) is 5.91 Å². The predicted molar refractivity (Wildman–Crippen MR) is 104 cm³/mol. The Kier molecular flexibility index (Phi) is 6.26. The van der Waals surface area contributed by atoms with E-state index in [9.17, 15) is 9.59 Å². The third kappa shape index (κ3) is 4.55. The third-order valence-corrected chi connectivity index (χ3v) is 5.68. The summed E-state index contributed by atoms with van der Waals surface area (Å²) in [5, 5.41) is 2.04. The Morgan fingerprint density at radius 1 is 1.30 bits per heavy atom. The number of morpholine rings is 1. The van der Waals surface area contributed by atoms with Crippen LogP contribution in [0.25, 0.3) is 10.4 Å². The molecule has 27 heavy (non-hydrogen) atoms. The summed E-state index contributed by atoms with van der Waals surface area (Å²) in [6.45, 7) is 1.26. The van der Waals surface area contributed by atoms with Crippen LogP contribution in [0.1, 0.15) is 12.0 Å². The molecule has 6 nitrogen and oxygen atoms in total. The molecule has 2 heterocycles. The van der Waals surface area contributed by atoms with Crippen LogP contribution >= 0.6 is 11.3 Å². The molecular formula is C20H24N2O4S. The molecule has 1 aliphatic rings. The summed E-state index contributed by atoms with van der Waals surface area (Å²) in [7, 11) is 1.56. The van der Waals surface area contributed by atoms with Crippen molar-refractivity contribution in [2.24, 2.45) is 5.73 Å². The first-order valence-corrected chi connectivity index (χ1v) is 9.75. The first-order chi connectivity index (χ1) is 13.0. The van der Waals surface area contributed by atoms with Gasteiger partial charge in [0.15, 0.2) is 5.60 Å². The quantitative estimate of drug-likeness (QED) is 0.787. The zero-order valence-electron chi connectivity index (χ0n) is 15.3. The fraction of sp³-hybridized carbons (Fsp3) is 0.400. The number of benzene rings is 1. The monoisotopic (exact) mass is 388 g/mol. The third-order valence-electron chi connectivity index (χ3n) is 4.76. The van der Waals surface area contributed by atoms with Crippen LogP contribution < -0.4 is 5.73 Å². The van der Waals surface area contributed by atoms with Gasteiger partial charge in [-0.3, -0.25) is 9.59 Å². The molecule has 0 saturated carbocycles. The van der Waals surface area contributed by atoms with Crippen molar-refractivity contribution < 1.29 is 19.1 Å². The van der Waals surface area contributed by atoms with Crippen molar-refractivity contribution >= 4 is 23.2 Å². The molecule has 1 aromatic carbocycles. The van der Waals surface area contributed by atoms with Crippen LogP contribution in [-0.2, 0) is 25.5 Å². The maximum absolute atomic E-state index is 12.3. The van der Waals surface area contributed by atoms with Crippen LogP contribution in [0, 0.1) is 0 Å². The molecule has 2 amide bonds. The molecule has 2 N–H and O–H groups in total. The highest BCUT2D eigenvalue weighted by molar-refractivity contribution is 7.13. The molecule has 144 valence electrons. The fourth-order valence-corrected chi connectivity index (χ4v) is 3.98. The number of nitrogens with zero attached hydrogens (tertiary/aromatic N) is 1. The van der Waals surface area contributed by atoms with E-state index in [4.69, 9.17) is 15.2 Å². The number of hydrogen-bond acceptors (Lipinski definition) is 5. The van der Waals surface area contributed by atoms with Gasteiger partial charge in [0.25, 0.3) is 5.91 Å². The van der Waals surface area contributed by atoms with Crippen molar-refractivity contribution in [3.63, 3.8) is 0 Å². The summed E-state index contributed by atoms with van der Waals surface area (Å²) in [4.78, 5) is 27.4. The van der Waals surface area contributed by atoms with Gasteiger partial charge in [0.05, 0.1) is 26.2 Å². The number of primary amides is 1. The molecule has 1 unspecified atom stereocenters. The summed E-state index contributed by atoms with van der Waals surface area (Å²) in [6, 6.07) is 12.1. The van der Waals surface area contributed by atoms with E-state index in [2.05, 4.69) is 6.07 Å². The fourth-order valence-electron chi connectivity index (χ4n) is 3.25. The normalized spacial score (nSPS) is 19.8. The summed E-state index contributed by atoms with van der Waals surface area (Å²) >= 11 is 1.68. The Bertz CT molecular complexity index is 776. The molecular weight excluding hydrogens is 364 g/mol. The number of nitrogens with two attached hydrogens (primary N) is 1. The van der Waals surface area contributed by atoms with Crippen molar-refractivity contribution in [1.82, 2.24) is 4.90 Å². The first kappa shape index (κ1) is 19.5. The maximum Gasteiger partial charge on any atom is 0.251 e. The predicted octanol–water partition coefficient (Wildman–Crippen LogP) is 2.08. The molecule has 3 rings (SSSR count). The van der Waals surface area contributed by atoms with Gasteiger partial charge < -0.3 is 20.1 Å². The van der Waals surface area contributed by atoms with E-state index in [1.165, 1.54) is 4.88 Å². The molecule has 1 saturated heterocycles. The minimum Gasteiger partial charge on any atom is -0.384 e. The van der Waals surface area contributed by atoms with E-state index < -0.39 is 11.5 Å². The van der Waals surface area contributed by atoms with Gasteiger partial charge in [0, 0.05) is 25.0 Å². The largest absolute Gasteiger partial charge is 0.384 e. The van der Waals surface area contributed by atoms with E-state index in [1.807, 2.05) is 35.7 Å². The molecule has 0 aliphatic carbocycles. The van der Waals surface area contributed by atoms with E-state index in [1.54, 1.807) is 23.3 Å². The van der Waals surface area contributed by atoms with Gasteiger partial charge in [-0.25, -0.2) is 0 Å². The van der Waals surface area contributed by atoms with Gasteiger partial charge in [-0.1, -0.05) is 30.3 Å². The van der Waals surface area contributed by atoms with Crippen molar-refractivity contribution in [2.45, 2.75) is 18.4 Å². The summed E-state index contributed by atoms with van der Waals surface area (Å²) in [5.41, 5.74) is 6.56. The number of carbonyl (C=O) groups is 2. The first-order valence-electron chi connectivity index (χ1n) is 8.87. The highest BCUT2D eigenvalue weighted by Gasteiger charge is 2.43. The Hall–Kier alpha value is -2.22. The average molecular weight is 388 g/mol. The lowest BCUT2D eigenvalue weighted by Gasteiger charge is -2.40. The van der Waals surface area contributed by atoms with E-state index in [-0.39, 0.29) is 25.5 Å². The summed E-state index contributed by atoms with van der Waals surface area (Å²) in [5.74, 6) is -0.604. The molecule has 7 heteroatoms. The SMILES string of the molecule is COCCC(=O)N1CCOC(Cc2ccc(-c3cccs3)cc2)(C(N)=O)C1. The molecule has 2 aromatic rings. The Balaban J connectivity index is 1.74. The second-order valence-corrected chi connectivity index (χ2v) is 7.56. The smallest absolute Gasteiger partial charge is 0.251 e. The van der Waals surface area contributed by atoms with Gasteiger partial charge in [-0.15, -0.1) is 11.3 Å². The van der Waals surface area contributed by atoms with E-state index >= 15 is 0 Å². The summed E-state index contributed by atoms with van der Waals surface area (Å²) < 4.78 is 10.8. The summed E-state index contributed by atoms with van der Waals surface area (Å²) in [6.07, 6.45) is 0.613. The van der Waals surface area contributed by atoms with Crippen molar-refractivity contribution in [3.8, 4) is 10.4 Å². The van der Waals surface area contributed by atoms with Crippen LogP contribution in [0.4, 0.5) is 0 Å². The molecule has 0 radical (unpaired) electrons. The van der Waals surface area contributed by atoms with Crippen LogP contribution in [-0.4, -0.2) is 55.7 Å². The van der Waals surface area contributed by atoms with Crippen molar-refractivity contribution in [3.05, 3.63) is 47.3 Å². The van der Waals surface area contributed by atoms with Gasteiger partial charge in [-0.2, -0.15) is 0 Å². The highest BCUT2D eigenvalue weighted by atomic mass is 32.1. The lowest BCUT2D eigenvalue weighted by atomic mass is 9.91.